The second kappa shape index (κ2) is 7.37. The van der Waals surface area contributed by atoms with E-state index in [1.54, 1.807) is 17.0 Å². The Morgan fingerprint density at radius 1 is 0.826 bits per heavy atom. The molecule has 120 valence electrons. The molecule has 1 aromatic carbocycles. The molecule has 0 bridgehead atoms. The SMILES string of the molecule is O=C(O)c1cc[n+](Cc2ccc(C(=O)O)c(C(=O)O)c2)cc1.[Cl-]. The Morgan fingerprint density at radius 3 is 1.87 bits per heavy atom. The number of nitrogens with zero attached hydrogens (tertiary/aromatic N) is 1. The number of hydrogen-bond donors (Lipinski definition) is 3. The van der Waals surface area contributed by atoms with Crippen molar-refractivity contribution in [3.63, 3.8) is 0 Å². The fraction of sp³-hybridized carbons (Fsp3) is 0.0667. The standard InChI is InChI=1S/C15H11NO6.ClH/c17-13(18)10-3-5-16(6-4-10)8-9-1-2-11(14(19)20)12(7-9)15(21)22;/h1-7H,8H2,(H2-,17,18,19,20,21,22);1H. The number of aromatic nitrogens is 1. The summed E-state index contributed by atoms with van der Waals surface area (Å²) in [6.45, 7) is 0.292. The predicted molar refractivity (Wildman–Crippen MR) is 73.1 cm³/mol. The maximum atomic E-state index is 11.1. The second-order valence-corrected chi connectivity index (χ2v) is 4.55. The molecule has 0 atom stereocenters. The quantitative estimate of drug-likeness (QED) is 0.550. The molecule has 0 fully saturated rings. The van der Waals surface area contributed by atoms with Crippen LogP contribution in [0.25, 0.3) is 0 Å². The minimum Gasteiger partial charge on any atom is -1.00 e. The van der Waals surface area contributed by atoms with E-state index in [-0.39, 0.29) is 29.1 Å². The first kappa shape index (κ1) is 18.1. The third kappa shape index (κ3) is 4.27. The molecule has 0 spiro atoms. The van der Waals surface area contributed by atoms with Gasteiger partial charge in [0.15, 0.2) is 18.9 Å². The molecule has 0 aliphatic rings. The summed E-state index contributed by atoms with van der Waals surface area (Å²) in [7, 11) is 0. The number of carboxylic acid groups (broad SMARTS) is 3. The molecule has 0 aliphatic heterocycles. The van der Waals surface area contributed by atoms with Crippen molar-refractivity contribution < 1.29 is 46.7 Å². The maximum Gasteiger partial charge on any atom is 0.336 e. The summed E-state index contributed by atoms with van der Waals surface area (Å²) >= 11 is 0. The molecule has 0 amide bonds. The van der Waals surface area contributed by atoms with Crippen molar-refractivity contribution in [2.75, 3.05) is 0 Å². The molecule has 0 unspecified atom stereocenters. The minimum atomic E-state index is -1.31. The van der Waals surface area contributed by atoms with Gasteiger partial charge in [-0.15, -0.1) is 0 Å². The summed E-state index contributed by atoms with van der Waals surface area (Å²) in [5.74, 6) is -3.65. The second-order valence-electron chi connectivity index (χ2n) is 4.55. The number of carbonyl (C=O) groups is 3. The topological polar surface area (TPSA) is 116 Å². The number of rotatable bonds is 5. The van der Waals surface area contributed by atoms with Crippen LogP contribution >= 0.6 is 0 Å². The maximum absolute atomic E-state index is 11.1. The molecule has 7 nitrogen and oxygen atoms in total. The largest absolute Gasteiger partial charge is 1.00 e. The van der Waals surface area contributed by atoms with E-state index in [4.69, 9.17) is 15.3 Å². The number of hydrogen-bond acceptors (Lipinski definition) is 3. The van der Waals surface area contributed by atoms with E-state index in [1.807, 2.05) is 0 Å². The Balaban J connectivity index is 0.00000264. The van der Waals surface area contributed by atoms with E-state index >= 15 is 0 Å². The van der Waals surface area contributed by atoms with Crippen LogP contribution in [0.1, 0.15) is 36.6 Å². The molecule has 1 heterocycles. The monoisotopic (exact) mass is 337 g/mol. The number of carboxylic acids is 3. The lowest BCUT2D eigenvalue weighted by molar-refractivity contribution is -0.688. The first-order valence-electron chi connectivity index (χ1n) is 6.20. The van der Waals surface area contributed by atoms with Gasteiger partial charge < -0.3 is 27.7 Å². The van der Waals surface area contributed by atoms with Crippen molar-refractivity contribution in [1.82, 2.24) is 0 Å². The Kier molecular flexibility index (Phi) is 5.81. The van der Waals surface area contributed by atoms with Crippen molar-refractivity contribution in [3.05, 3.63) is 65.0 Å². The van der Waals surface area contributed by atoms with Gasteiger partial charge in [0.1, 0.15) is 0 Å². The zero-order valence-electron chi connectivity index (χ0n) is 11.6. The Hall–Kier alpha value is -2.93. The van der Waals surface area contributed by atoms with Gasteiger partial charge in [-0.3, -0.25) is 0 Å². The number of pyridine rings is 1. The van der Waals surface area contributed by atoms with Gasteiger partial charge in [0.2, 0.25) is 0 Å². The van der Waals surface area contributed by atoms with Crippen molar-refractivity contribution in [3.8, 4) is 0 Å². The first-order valence-corrected chi connectivity index (χ1v) is 6.20. The highest BCUT2D eigenvalue weighted by Gasteiger charge is 2.17. The van der Waals surface area contributed by atoms with E-state index in [1.165, 1.54) is 30.3 Å². The summed E-state index contributed by atoms with van der Waals surface area (Å²) < 4.78 is 1.66. The number of halogens is 1. The number of benzene rings is 1. The highest BCUT2D eigenvalue weighted by molar-refractivity contribution is 6.01. The third-order valence-corrected chi connectivity index (χ3v) is 3.05. The van der Waals surface area contributed by atoms with E-state index in [9.17, 15) is 14.4 Å². The van der Waals surface area contributed by atoms with Gasteiger partial charge in [-0.25, -0.2) is 19.0 Å². The van der Waals surface area contributed by atoms with Gasteiger partial charge in [0.25, 0.3) is 0 Å². The van der Waals surface area contributed by atoms with E-state index in [2.05, 4.69) is 0 Å². The lowest BCUT2D eigenvalue weighted by Crippen LogP contribution is -3.00. The van der Waals surface area contributed by atoms with Crippen molar-refractivity contribution in [2.24, 2.45) is 0 Å². The van der Waals surface area contributed by atoms with E-state index in [0.717, 1.165) is 0 Å². The molecule has 0 radical (unpaired) electrons. The van der Waals surface area contributed by atoms with Gasteiger partial charge >= 0.3 is 17.9 Å². The lowest BCUT2D eigenvalue weighted by atomic mass is 10.0. The summed E-state index contributed by atoms with van der Waals surface area (Å²) in [6, 6.07) is 6.91. The van der Waals surface area contributed by atoms with Gasteiger partial charge in [-0.2, -0.15) is 0 Å². The van der Waals surface area contributed by atoms with E-state index < -0.39 is 17.9 Å². The molecule has 2 aromatic rings. The van der Waals surface area contributed by atoms with Crippen LogP contribution in [0.2, 0.25) is 0 Å². The van der Waals surface area contributed by atoms with Crippen molar-refractivity contribution in [2.45, 2.75) is 6.54 Å². The lowest BCUT2D eigenvalue weighted by Gasteiger charge is -2.04. The molecule has 3 N–H and O–H groups in total. The Labute approximate surface area is 136 Å². The summed E-state index contributed by atoms with van der Waals surface area (Å²) in [5.41, 5.74) is 0.175. The molecule has 0 saturated heterocycles. The summed E-state index contributed by atoms with van der Waals surface area (Å²) in [4.78, 5) is 32.8. The molecular weight excluding hydrogens is 326 g/mol. The van der Waals surface area contributed by atoms with Crippen LogP contribution in [0.3, 0.4) is 0 Å². The highest BCUT2D eigenvalue weighted by Crippen LogP contribution is 2.12. The van der Waals surface area contributed by atoms with Crippen LogP contribution < -0.4 is 17.0 Å². The average molecular weight is 338 g/mol. The summed E-state index contributed by atoms with van der Waals surface area (Å²) in [5, 5.41) is 26.8. The zero-order chi connectivity index (χ0) is 16.3. The minimum absolute atomic E-state index is 0. The third-order valence-electron chi connectivity index (χ3n) is 3.05. The molecule has 0 saturated carbocycles. The number of aromatic carboxylic acids is 3. The molecule has 23 heavy (non-hydrogen) atoms. The van der Waals surface area contributed by atoms with Gasteiger partial charge in [-0.1, -0.05) is 6.07 Å². The fourth-order valence-corrected chi connectivity index (χ4v) is 1.97. The fourth-order valence-electron chi connectivity index (χ4n) is 1.97. The van der Waals surface area contributed by atoms with Crippen LogP contribution in [0.4, 0.5) is 0 Å². The normalized spacial score (nSPS) is 9.74. The Bertz CT molecular complexity index is 757. The zero-order valence-corrected chi connectivity index (χ0v) is 12.4. The molecule has 0 aliphatic carbocycles. The van der Waals surface area contributed by atoms with Gasteiger partial charge in [0.05, 0.1) is 16.7 Å². The molecule has 8 heteroatoms. The predicted octanol–water partition coefficient (Wildman–Crippen LogP) is -1.88. The molecule has 2 rings (SSSR count). The van der Waals surface area contributed by atoms with Gasteiger partial charge in [0, 0.05) is 17.7 Å². The first-order chi connectivity index (χ1) is 10.4. The van der Waals surface area contributed by atoms with Crippen LogP contribution in [-0.2, 0) is 6.54 Å². The smallest absolute Gasteiger partial charge is 0.336 e. The van der Waals surface area contributed by atoms with Crippen LogP contribution in [0, 0.1) is 0 Å². The highest BCUT2D eigenvalue weighted by atomic mass is 35.5. The van der Waals surface area contributed by atoms with Crippen molar-refractivity contribution in [1.29, 1.82) is 0 Å². The van der Waals surface area contributed by atoms with Crippen LogP contribution in [-0.4, -0.2) is 33.2 Å². The van der Waals surface area contributed by atoms with Gasteiger partial charge in [-0.05, 0) is 12.1 Å². The average Bonchev–Trinajstić information content (AvgIpc) is 2.47. The molecule has 1 aromatic heterocycles. The van der Waals surface area contributed by atoms with Crippen molar-refractivity contribution >= 4 is 17.9 Å². The van der Waals surface area contributed by atoms with Crippen LogP contribution in [0.5, 0.6) is 0 Å². The van der Waals surface area contributed by atoms with E-state index in [0.29, 0.717) is 12.1 Å². The Morgan fingerprint density at radius 2 is 1.39 bits per heavy atom. The molecular formula is C15H12ClNO6. The summed E-state index contributed by atoms with van der Waals surface area (Å²) in [6.07, 6.45) is 3.10. The van der Waals surface area contributed by atoms with Crippen LogP contribution in [0.15, 0.2) is 42.7 Å².